The third kappa shape index (κ3) is 4.49. The second kappa shape index (κ2) is 5.15. The molecule has 2 atom stereocenters. The van der Waals surface area contributed by atoms with Crippen LogP contribution in [0.3, 0.4) is 0 Å². The van der Waals surface area contributed by atoms with Gasteiger partial charge in [0.1, 0.15) is 0 Å². The topological polar surface area (TPSA) is 66.6 Å². The van der Waals surface area contributed by atoms with Crippen molar-refractivity contribution in [2.24, 2.45) is 11.1 Å². The molecule has 1 amide bonds. The lowest BCUT2D eigenvalue weighted by Crippen LogP contribution is -2.36. The molecule has 4 nitrogen and oxygen atoms in total. The Bertz CT molecular complexity index is 248. The molecule has 4 heteroatoms. The van der Waals surface area contributed by atoms with E-state index >= 15 is 0 Å². The van der Waals surface area contributed by atoms with Crippen LogP contribution >= 0.6 is 0 Å². The molecule has 3 N–H and O–H groups in total. The minimum absolute atomic E-state index is 0.0771. The zero-order valence-electron chi connectivity index (χ0n) is 10.6. The Morgan fingerprint density at radius 1 is 1.56 bits per heavy atom. The van der Waals surface area contributed by atoms with Gasteiger partial charge in [0.2, 0.25) is 5.91 Å². The molecular weight excluding hydrogens is 204 g/mol. The van der Waals surface area contributed by atoms with Crippen molar-refractivity contribution in [1.82, 2.24) is 4.90 Å². The summed E-state index contributed by atoms with van der Waals surface area (Å²) in [5.41, 5.74) is 6.11. The van der Waals surface area contributed by atoms with Crippen LogP contribution in [0.5, 0.6) is 0 Å². The molecule has 0 aromatic carbocycles. The number of hydrogen-bond donors (Lipinski definition) is 2. The molecule has 0 aromatic heterocycles. The first kappa shape index (κ1) is 13.5. The number of aliphatic hydroxyl groups is 1. The average molecular weight is 228 g/mol. The predicted molar refractivity (Wildman–Crippen MR) is 63.9 cm³/mol. The molecule has 0 aliphatic carbocycles. The molecule has 1 aliphatic heterocycles. The molecule has 16 heavy (non-hydrogen) atoms. The third-order valence-corrected chi connectivity index (χ3v) is 2.83. The number of rotatable bonds is 3. The van der Waals surface area contributed by atoms with Gasteiger partial charge in [0.25, 0.3) is 0 Å². The van der Waals surface area contributed by atoms with E-state index in [0.717, 1.165) is 6.42 Å². The van der Waals surface area contributed by atoms with Gasteiger partial charge < -0.3 is 15.7 Å². The highest BCUT2D eigenvalue weighted by Gasteiger charge is 2.26. The van der Waals surface area contributed by atoms with Crippen molar-refractivity contribution in [2.75, 3.05) is 13.1 Å². The summed E-state index contributed by atoms with van der Waals surface area (Å²) in [4.78, 5) is 13.5. The van der Waals surface area contributed by atoms with Crippen molar-refractivity contribution >= 4 is 5.91 Å². The quantitative estimate of drug-likeness (QED) is 0.748. The smallest absolute Gasteiger partial charge is 0.224 e. The molecule has 1 saturated heterocycles. The Kier molecular flexibility index (Phi) is 4.33. The molecule has 0 bridgehead atoms. The average Bonchev–Trinajstić information content (AvgIpc) is 2.47. The fourth-order valence-electron chi connectivity index (χ4n) is 2.18. The molecule has 0 spiro atoms. The lowest BCUT2D eigenvalue weighted by atomic mass is 9.87. The number of β-amino-alcohol motifs (C(OH)–C–C–N with tert-alkyl or cyclic N) is 1. The molecule has 0 radical (unpaired) electrons. The highest BCUT2D eigenvalue weighted by atomic mass is 16.3. The summed E-state index contributed by atoms with van der Waals surface area (Å²) in [5, 5.41) is 9.34. The van der Waals surface area contributed by atoms with Crippen molar-refractivity contribution in [3.63, 3.8) is 0 Å². The summed E-state index contributed by atoms with van der Waals surface area (Å²) in [6, 6.07) is -0.0785. The molecule has 1 unspecified atom stereocenters. The van der Waals surface area contributed by atoms with Crippen molar-refractivity contribution in [2.45, 2.75) is 52.2 Å². The summed E-state index contributed by atoms with van der Waals surface area (Å²) in [6.07, 6.45) is 1.59. The van der Waals surface area contributed by atoms with Gasteiger partial charge >= 0.3 is 0 Å². The van der Waals surface area contributed by atoms with E-state index in [2.05, 4.69) is 20.8 Å². The van der Waals surface area contributed by atoms with Crippen LogP contribution in [0.4, 0.5) is 0 Å². The van der Waals surface area contributed by atoms with E-state index in [1.165, 1.54) is 0 Å². The normalized spacial score (nSPS) is 23.6. The van der Waals surface area contributed by atoms with Gasteiger partial charge in [-0.1, -0.05) is 20.8 Å². The first-order chi connectivity index (χ1) is 7.28. The van der Waals surface area contributed by atoms with E-state index < -0.39 is 0 Å². The molecular formula is C12H24N2O2. The van der Waals surface area contributed by atoms with Crippen molar-refractivity contribution in [1.29, 1.82) is 0 Å². The Morgan fingerprint density at radius 3 is 2.62 bits per heavy atom. The SMILES string of the molecule is CC(C)(C)CC(N)CC(=O)N1CC[C@@H](O)C1. The van der Waals surface area contributed by atoms with E-state index in [-0.39, 0.29) is 23.5 Å². The highest BCUT2D eigenvalue weighted by Crippen LogP contribution is 2.21. The number of nitrogens with zero attached hydrogens (tertiary/aromatic N) is 1. The van der Waals surface area contributed by atoms with Crippen LogP contribution in [0, 0.1) is 5.41 Å². The largest absolute Gasteiger partial charge is 0.391 e. The number of aliphatic hydroxyl groups excluding tert-OH is 1. The van der Waals surface area contributed by atoms with Gasteiger partial charge in [-0.25, -0.2) is 0 Å². The van der Waals surface area contributed by atoms with Gasteiger partial charge in [0, 0.05) is 25.6 Å². The van der Waals surface area contributed by atoms with Crippen molar-refractivity contribution in [3.8, 4) is 0 Å². The maximum atomic E-state index is 11.8. The first-order valence-corrected chi connectivity index (χ1v) is 5.99. The minimum atomic E-state index is -0.345. The summed E-state index contributed by atoms with van der Waals surface area (Å²) < 4.78 is 0. The van der Waals surface area contributed by atoms with Crippen LogP contribution in [0.2, 0.25) is 0 Å². The molecule has 0 aromatic rings. The number of amides is 1. The second-order valence-electron chi connectivity index (χ2n) is 6.01. The number of nitrogens with two attached hydrogens (primary N) is 1. The summed E-state index contributed by atoms with van der Waals surface area (Å²) >= 11 is 0. The van der Waals surface area contributed by atoms with E-state index in [1.54, 1.807) is 4.90 Å². The monoisotopic (exact) mass is 228 g/mol. The fourth-order valence-corrected chi connectivity index (χ4v) is 2.18. The van der Waals surface area contributed by atoms with Crippen LogP contribution in [0.25, 0.3) is 0 Å². The molecule has 1 aliphatic rings. The fraction of sp³-hybridized carbons (Fsp3) is 0.917. The van der Waals surface area contributed by atoms with Gasteiger partial charge in [0.05, 0.1) is 6.10 Å². The zero-order valence-corrected chi connectivity index (χ0v) is 10.6. The van der Waals surface area contributed by atoms with Crippen LogP contribution in [-0.4, -0.2) is 41.1 Å². The van der Waals surface area contributed by atoms with Crippen LogP contribution in [-0.2, 0) is 4.79 Å². The Balaban J connectivity index is 2.34. The predicted octanol–water partition coefficient (Wildman–Crippen LogP) is 0.733. The molecule has 0 saturated carbocycles. The number of likely N-dealkylation sites (tertiary alicyclic amines) is 1. The van der Waals surface area contributed by atoms with Gasteiger partial charge in [-0.2, -0.15) is 0 Å². The lowest BCUT2D eigenvalue weighted by molar-refractivity contribution is -0.131. The number of carbonyl (C=O) groups is 1. The Hall–Kier alpha value is -0.610. The maximum absolute atomic E-state index is 11.8. The zero-order chi connectivity index (χ0) is 12.3. The van der Waals surface area contributed by atoms with Crippen LogP contribution in [0.1, 0.15) is 40.0 Å². The van der Waals surface area contributed by atoms with Gasteiger partial charge in [0.15, 0.2) is 0 Å². The van der Waals surface area contributed by atoms with E-state index in [9.17, 15) is 9.90 Å². The van der Waals surface area contributed by atoms with E-state index in [0.29, 0.717) is 25.9 Å². The standard InChI is InChI=1S/C12H24N2O2/c1-12(2,3)7-9(13)6-11(16)14-5-4-10(15)8-14/h9-10,15H,4-8,13H2,1-3H3/t9?,10-/m1/s1. The van der Waals surface area contributed by atoms with E-state index in [1.807, 2.05) is 0 Å². The van der Waals surface area contributed by atoms with Crippen LogP contribution < -0.4 is 5.73 Å². The molecule has 1 fully saturated rings. The summed E-state index contributed by atoms with van der Waals surface area (Å²) in [6.45, 7) is 7.51. The molecule has 1 rings (SSSR count). The number of carbonyl (C=O) groups excluding carboxylic acids is 1. The maximum Gasteiger partial charge on any atom is 0.224 e. The Morgan fingerprint density at radius 2 is 2.19 bits per heavy atom. The van der Waals surface area contributed by atoms with Crippen molar-refractivity contribution in [3.05, 3.63) is 0 Å². The third-order valence-electron chi connectivity index (χ3n) is 2.83. The van der Waals surface area contributed by atoms with Gasteiger partial charge in [-0.15, -0.1) is 0 Å². The second-order valence-corrected chi connectivity index (χ2v) is 6.01. The summed E-state index contributed by atoms with van der Waals surface area (Å²) in [7, 11) is 0. The lowest BCUT2D eigenvalue weighted by Gasteiger charge is -2.24. The molecule has 94 valence electrons. The number of hydrogen-bond acceptors (Lipinski definition) is 3. The summed E-state index contributed by atoms with van der Waals surface area (Å²) in [5.74, 6) is 0.0771. The minimum Gasteiger partial charge on any atom is -0.391 e. The highest BCUT2D eigenvalue weighted by molar-refractivity contribution is 5.77. The van der Waals surface area contributed by atoms with Gasteiger partial charge in [-0.3, -0.25) is 4.79 Å². The van der Waals surface area contributed by atoms with Crippen molar-refractivity contribution < 1.29 is 9.90 Å². The molecule has 1 heterocycles. The first-order valence-electron chi connectivity index (χ1n) is 5.99. The Labute approximate surface area is 97.8 Å². The van der Waals surface area contributed by atoms with Gasteiger partial charge in [-0.05, 0) is 18.3 Å². The van der Waals surface area contributed by atoms with E-state index in [4.69, 9.17) is 5.73 Å². The van der Waals surface area contributed by atoms with Crippen LogP contribution in [0.15, 0.2) is 0 Å².